The van der Waals surface area contributed by atoms with Crippen LogP contribution in [0.15, 0.2) is 48.8 Å². The molecular weight excluding hydrogens is 400 g/mol. The number of ether oxygens (including phenoxy) is 1. The van der Waals surface area contributed by atoms with Gasteiger partial charge in [-0.1, -0.05) is 30.7 Å². The van der Waals surface area contributed by atoms with Crippen LogP contribution in [-0.4, -0.2) is 20.7 Å². The zero-order valence-electron chi connectivity index (χ0n) is 17.0. The molecule has 30 heavy (non-hydrogen) atoms. The van der Waals surface area contributed by atoms with E-state index in [0.717, 1.165) is 18.4 Å². The molecule has 6 nitrogen and oxygen atoms in total. The molecule has 0 unspecified atom stereocenters. The summed E-state index contributed by atoms with van der Waals surface area (Å²) in [6, 6.07) is 11.5. The Labute approximate surface area is 181 Å². The van der Waals surface area contributed by atoms with Gasteiger partial charge in [-0.05, 0) is 48.6 Å². The van der Waals surface area contributed by atoms with Crippen LogP contribution in [0.2, 0.25) is 5.02 Å². The highest BCUT2D eigenvalue weighted by Gasteiger charge is 2.06. The van der Waals surface area contributed by atoms with E-state index in [1.54, 1.807) is 12.4 Å². The van der Waals surface area contributed by atoms with Crippen LogP contribution in [0.5, 0.6) is 11.6 Å². The molecule has 3 rings (SSSR count). The average molecular weight is 425 g/mol. The summed E-state index contributed by atoms with van der Waals surface area (Å²) in [5, 5.41) is 0.517. The monoisotopic (exact) mass is 424 g/mol. The largest absolute Gasteiger partial charge is 0.439 e. The van der Waals surface area contributed by atoms with E-state index >= 15 is 0 Å². The topological polar surface area (TPSA) is 91.0 Å². The van der Waals surface area contributed by atoms with Gasteiger partial charge in [0.15, 0.2) is 0 Å². The molecule has 0 saturated carbocycles. The second-order valence-electron chi connectivity index (χ2n) is 7.05. The van der Waals surface area contributed by atoms with Gasteiger partial charge in [-0.2, -0.15) is 4.98 Å². The molecule has 2 heterocycles. The number of halogens is 1. The van der Waals surface area contributed by atoms with Gasteiger partial charge in [0.05, 0.1) is 5.02 Å². The molecule has 2 aromatic heterocycles. The van der Waals surface area contributed by atoms with E-state index in [9.17, 15) is 4.79 Å². The number of carbonyl (C=O) groups is 1. The van der Waals surface area contributed by atoms with E-state index in [-0.39, 0.29) is 0 Å². The first-order valence-electron chi connectivity index (χ1n) is 10.0. The minimum absolute atomic E-state index is 0.307. The van der Waals surface area contributed by atoms with Crippen LogP contribution in [-0.2, 0) is 24.1 Å². The lowest BCUT2D eigenvalue weighted by molar-refractivity contribution is -0.118. The van der Waals surface area contributed by atoms with Crippen LogP contribution >= 0.6 is 11.6 Å². The minimum Gasteiger partial charge on any atom is -0.439 e. The summed E-state index contributed by atoms with van der Waals surface area (Å²) in [5.41, 5.74) is 8.12. The highest BCUT2D eigenvalue weighted by molar-refractivity contribution is 6.30. The van der Waals surface area contributed by atoms with Crippen molar-refractivity contribution in [2.75, 3.05) is 5.73 Å². The SMILES string of the molecule is CCC(=O)CCCc1ccc(Oc2cc(CCc3ncc(Cl)cn3)cc(N)n2)cc1. The normalized spacial score (nSPS) is 10.7. The first kappa shape index (κ1) is 21.7. The van der Waals surface area contributed by atoms with Crippen molar-refractivity contribution in [2.24, 2.45) is 0 Å². The van der Waals surface area contributed by atoms with Gasteiger partial charge in [0, 0.05) is 37.7 Å². The van der Waals surface area contributed by atoms with Crippen molar-refractivity contribution in [1.82, 2.24) is 15.0 Å². The zero-order chi connectivity index (χ0) is 21.3. The maximum Gasteiger partial charge on any atom is 0.221 e. The number of carbonyl (C=O) groups excluding carboxylic acids is 1. The molecule has 156 valence electrons. The maximum absolute atomic E-state index is 11.4. The average Bonchev–Trinajstić information content (AvgIpc) is 2.74. The van der Waals surface area contributed by atoms with Gasteiger partial charge in [-0.3, -0.25) is 4.79 Å². The molecule has 0 bridgehead atoms. The van der Waals surface area contributed by atoms with Crippen LogP contribution in [0.1, 0.15) is 43.1 Å². The smallest absolute Gasteiger partial charge is 0.221 e. The standard InChI is InChI=1S/C23H25ClN4O2/c1-2-19(29)5-3-4-16-6-9-20(10-7-16)30-23-13-17(12-21(25)28-23)8-11-22-26-14-18(24)15-27-22/h6-7,9-10,12-15H,2-5,8,11H2,1H3,(H2,25,28). The molecular formula is C23H25ClN4O2. The van der Waals surface area contributed by atoms with Crippen molar-refractivity contribution < 1.29 is 9.53 Å². The highest BCUT2D eigenvalue weighted by Crippen LogP contribution is 2.23. The van der Waals surface area contributed by atoms with E-state index < -0.39 is 0 Å². The summed E-state index contributed by atoms with van der Waals surface area (Å²) in [4.78, 5) is 24.1. The molecule has 0 radical (unpaired) electrons. The van der Waals surface area contributed by atoms with E-state index in [4.69, 9.17) is 22.1 Å². The van der Waals surface area contributed by atoms with Gasteiger partial charge in [-0.25, -0.2) is 9.97 Å². The molecule has 0 amide bonds. The molecule has 1 aromatic carbocycles. The summed E-state index contributed by atoms with van der Waals surface area (Å²) in [5.74, 6) is 2.56. The number of Topliss-reactive ketones (excluding diaryl/α,β-unsaturated/α-hetero) is 1. The summed E-state index contributed by atoms with van der Waals surface area (Å²) in [6.45, 7) is 1.90. The lowest BCUT2D eigenvalue weighted by Crippen LogP contribution is -2.00. The molecule has 7 heteroatoms. The lowest BCUT2D eigenvalue weighted by atomic mass is 10.1. The third-order valence-electron chi connectivity index (χ3n) is 4.65. The second kappa shape index (κ2) is 10.7. The Hall–Kier alpha value is -2.99. The van der Waals surface area contributed by atoms with Gasteiger partial charge in [0.2, 0.25) is 5.88 Å². The summed E-state index contributed by atoms with van der Waals surface area (Å²) in [7, 11) is 0. The number of anilines is 1. The fraction of sp³-hybridized carbons (Fsp3) is 0.304. The number of hydrogen-bond donors (Lipinski definition) is 1. The van der Waals surface area contributed by atoms with E-state index in [2.05, 4.69) is 15.0 Å². The van der Waals surface area contributed by atoms with Gasteiger partial charge in [-0.15, -0.1) is 0 Å². The van der Waals surface area contributed by atoms with Crippen molar-refractivity contribution in [3.63, 3.8) is 0 Å². The van der Waals surface area contributed by atoms with E-state index in [1.165, 1.54) is 5.56 Å². The predicted molar refractivity (Wildman–Crippen MR) is 118 cm³/mol. The van der Waals surface area contributed by atoms with Crippen molar-refractivity contribution in [1.29, 1.82) is 0 Å². The molecule has 0 aliphatic heterocycles. The number of ketones is 1. The molecule has 0 saturated heterocycles. The highest BCUT2D eigenvalue weighted by atomic mass is 35.5. The molecule has 2 N–H and O–H groups in total. The van der Waals surface area contributed by atoms with E-state index in [0.29, 0.717) is 59.8 Å². The molecule has 0 spiro atoms. The van der Waals surface area contributed by atoms with Crippen LogP contribution in [0.25, 0.3) is 0 Å². The number of pyridine rings is 1. The number of nitrogens with two attached hydrogens (primary N) is 1. The number of hydrogen-bond acceptors (Lipinski definition) is 6. The number of aromatic nitrogens is 3. The van der Waals surface area contributed by atoms with Gasteiger partial charge in [0.25, 0.3) is 0 Å². The Morgan fingerprint density at radius 2 is 1.77 bits per heavy atom. The zero-order valence-corrected chi connectivity index (χ0v) is 17.7. The fourth-order valence-electron chi connectivity index (χ4n) is 3.01. The lowest BCUT2D eigenvalue weighted by Gasteiger charge is -2.09. The molecule has 0 atom stereocenters. The summed E-state index contributed by atoms with van der Waals surface area (Å²) < 4.78 is 5.89. The van der Waals surface area contributed by atoms with Crippen molar-refractivity contribution in [2.45, 2.75) is 45.4 Å². The molecule has 0 fully saturated rings. The van der Waals surface area contributed by atoms with Gasteiger partial charge >= 0.3 is 0 Å². The van der Waals surface area contributed by atoms with Crippen molar-refractivity contribution >= 4 is 23.2 Å². The van der Waals surface area contributed by atoms with Crippen LogP contribution < -0.4 is 10.5 Å². The predicted octanol–water partition coefficient (Wildman–Crippen LogP) is 4.99. The first-order chi connectivity index (χ1) is 14.5. The Kier molecular flexibility index (Phi) is 7.74. The number of rotatable bonds is 10. The first-order valence-corrected chi connectivity index (χ1v) is 10.4. The Morgan fingerprint density at radius 3 is 2.47 bits per heavy atom. The van der Waals surface area contributed by atoms with Crippen molar-refractivity contribution in [3.05, 3.63) is 70.8 Å². The molecule has 0 aliphatic carbocycles. The van der Waals surface area contributed by atoms with Crippen LogP contribution in [0.3, 0.4) is 0 Å². The summed E-state index contributed by atoms with van der Waals surface area (Å²) in [6.07, 6.45) is 7.52. The number of aryl methyl sites for hydroxylation is 3. The molecule has 0 aliphatic rings. The third-order valence-corrected chi connectivity index (χ3v) is 4.85. The maximum atomic E-state index is 11.4. The van der Waals surface area contributed by atoms with Crippen LogP contribution in [0, 0.1) is 0 Å². The van der Waals surface area contributed by atoms with Gasteiger partial charge in [0.1, 0.15) is 23.2 Å². The fourth-order valence-corrected chi connectivity index (χ4v) is 3.11. The number of benzene rings is 1. The Bertz CT molecular complexity index is 975. The number of nitrogens with zero attached hydrogens (tertiary/aromatic N) is 3. The minimum atomic E-state index is 0.307. The quantitative estimate of drug-likeness (QED) is 0.493. The second-order valence-corrected chi connectivity index (χ2v) is 7.48. The Morgan fingerprint density at radius 1 is 1.03 bits per heavy atom. The summed E-state index contributed by atoms with van der Waals surface area (Å²) >= 11 is 5.82. The van der Waals surface area contributed by atoms with Gasteiger partial charge < -0.3 is 10.5 Å². The van der Waals surface area contributed by atoms with Crippen molar-refractivity contribution in [3.8, 4) is 11.6 Å². The van der Waals surface area contributed by atoms with Crippen LogP contribution in [0.4, 0.5) is 5.82 Å². The Balaban J connectivity index is 1.58. The third kappa shape index (κ3) is 6.81. The van der Waals surface area contributed by atoms with E-state index in [1.807, 2.05) is 43.3 Å². The number of nitrogen functional groups attached to an aromatic ring is 1. The molecule has 3 aromatic rings.